The van der Waals surface area contributed by atoms with Crippen LogP contribution in [0.15, 0.2) is 30.3 Å². The molecule has 4 nitrogen and oxygen atoms in total. The van der Waals surface area contributed by atoms with Gasteiger partial charge in [-0.25, -0.2) is 8.42 Å². The van der Waals surface area contributed by atoms with Crippen LogP contribution >= 0.6 is 0 Å². The van der Waals surface area contributed by atoms with Crippen LogP contribution in [0.25, 0.3) is 0 Å². The molecule has 1 fully saturated rings. The number of rotatable bonds is 6. The van der Waals surface area contributed by atoms with Gasteiger partial charge >= 0.3 is 0 Å². The quantitative estimate of drug-likeness (QED) is 0.877. The maximum Gasteiger partial charge on any atom is 0.238 e. The Hall–Kier alpha value is -1.07. The van der Waals surface area contributed by atoms with Crippen molar-refractivity contribution in [2.75, 3.05) is 23.9 Å². The van der Waals surface area contributed by atoms with Crippen LogP contribution in [0, 0.1) is 0 Å². The van der Waals surface area contributed by atoms with Gasteiger partial charge in [0.1, 0.15) is 0 Å². The predicted molar refractivity (Wildman–Crippen MR) is 83.5 cm³/mol. The van der Waals surface area contributed by atoms with Gasteiger partial charge in [0, 0.05) is 6.54 Å². The van der Waals surface area contributed by atoms with Crippen molar-refractivity contribution < 1.29 is 8.42 Å². The fourth-order valence-corrected chi connectivity index (χ4v) is 4.56. The van der Waals surface area contributed by atoms with Crippen molar-refractivity contribution >= 4 is 15.7 Å². The van der Waals surface area contributed by atoms with Crippen LogP contribution in [-0.2, 0) is 10.0 Å². The Bertz CT molecular complexity index is 496. The van der Waals surface area contributed by atoms with Crippen molar-refractivity contribution in [2.24, 2.45) is 0 Å². The predicted octanol–water partition coefficient (Wildman–Crippen LogP) is 2.37. The van der Waals surface area contributed by atoms with E-state index in [0.717, 1.165) is 31.6 Å². The van der Waals surface area contributed by atoms with E-state index in [0.29, 0.717) is 19.4 Å². The molecule has 1 heterocycles. The number of benzene rings is 1. The lowest BCUT2D eigenvalue weighted by atomic mass is 10.2. The molecular weight excluding hydrogens is 272 g/mol. The number of para-hydroxylation sites is 1. The van der Waals surface area contributed by atoms with Gasteiger partial charge in [-0.2, -0.15) is 0 Å². The van der Waals surface area contributed by atoms with E-state index in [4.69, 9.17) is 0 Å². The van der Waals surface area contributed by atoms with Gasteiger partial charge < -0.3 is 5.32 Å². The number of unbranched alkanes of at least 4 members (excludes halogenated alkanes) is 1. The van der Waals surface area contributed by atoms with Crippen molar-refractivity contribution in [1.29, 1.82) is 0 Å². The van der Waals surface area contributed by atoms with Gasteiger partial charge in [0.2, 0.25) is 10.0 Å². The highest BCUT2D eigenvalue weighted by atomic mass is 32.2. The molecule has 20 heavy (non-hydrogen) atoms. The minimum Gasteiger partial charge on any atom is -0.317 e. The second kappa shape index (κ2) is 7.09. The van der Waals surface area contributed by atoms with E-state index in [1.165, 1.54) is 0 Å². The maximum absolute atomic E-state index is 12.9. The molecule has 1 aliphatic rings. The summed E-state index contributed by atoms with van der Waals surface area (Å²) < 4.78 is 27.4. The number of nitrogens with zero attached hydrogens (tertiary/aromatic N) is 1. The topological polar surface area (TPSA) is 49.4 Å². The molecule has 1 saturated heterocycles. The van der Waals surface area contributed by atoms with Crippen LogP contribution in [0.1, 0.15) is 32.6 Å². The third-order valence-electron chi connectivity index (χ3n) is 3.77. The molecule has 0 bridgehead atoms. The average Bonchev–Trinajstić information content (AvgIpc) is 2.49. The molecule has 0 aliphatic carbocycles. The first-order valence-electron chi connectivity index (χ1n) is 7.43. The van der Waals surface area contributed by atoms with Gasteiger partial charge in [-0.05, 0) is 44.5 Å². The molecule has 0 aromatic heterocycles. The minimum absolute atomic E-state index is 0.249. The van der Waals surface area contributed by atoms with Gasteiger partial charge in [-0.1, -0.05) is 31.5 Å². The third-order valence-corrected chi connectivity index (χ3v) is 6.10. The summed E-state index contributed by atoms with van der Waals surface area (Å²) in [5.74, 6) is 0. The van der Waals surface area contributed by atoms with Gasteiger partial charge in [-0.3, -0.25) is 4.31 Å². The average molecular weight is 296 g/mol. The Morgan fingerprint density at radius 3 is 2.45 bits per heavy atom. The molecule has 0 spiro atoms. The highest BCUT2D eigenvalue weighted by Crippen LogP contribution is 2.24. The normalized spacial score (nSPS) is 17.1. The van der Waals surface area contributed by atoms with E-state index in [9.17, 15) is 8.42 Å². The van der Waals surface area contributed by atoms with E-state index >= 15 is 0 Å². The maximum atomic E-state index is 12.9. The number of hydrogen-bond donors (Lipinski definition) is 1. The lowest BCUT2D eigenvalue weighted by Crippen LogP contribution is -2.44. The smallest absolute Gasteiger partial charge is 0.238 e. The molecule has 1 aromatic carbocycles. The second-order valence-corrected chi connectivity index (χ2v) is 7.39. The molecule has 0 amide bonds. The first-order chi connectivity index (χ1) is 9.66. The summed E-state index contributed by atoms with van der Waals surface area (Å²) in [4.78, 5) is 0. The number of piperidine rings is 1. The molecule has 1 N–H and O–H groups in total. The van der Waals surface area contributed by atoms with E-state index in [-0.39, 0.29) is 5.25 Å². The van der Waals surface area contributed by atoms with Gasteiger partial charge in [0.15, 0.2) is 0 Å². The Kier molecular flexibility index (Phi) is 5.43. The molecule has 112 valence electrons. The van der Waals surface area contributed by atoms with Crippen LogP contribution in [0.2, 0.25) is 0 Å². The summed E-state index contributed by atoms with van der Waals surface area (Å²) in [6.45, 7) is 4.24. The third kappa shape index (κ3) is 3.52. The van der Waals surface area contributed by atoms with E-state index in [1.807, 2.05) is 30.3 Å². The number of nitrogens with one attached hydrogen (secondary N) is 1. The largest absolute Gasteiger partial charge is 0.317 e. The minimum atomic E-state index is -3.26. The monoisotopic (exact) mass is 296 g/mol. The summed E-state index contributed by atoms with van der Waals surface area (Å²) >= 11 is 0. The van der Waals surface area contributed by atoms with Crippen LogP contribution in [-0.4, -0.2) is 33.3 Å². The van der Waals surface area contributed by atoms with Crippen molar-refractivity contribution in [3.05, 3.63) is 30.3 Å². The first-order valence-corrected chi connectivity index (χ1v) is 8.94. The highest BCUT2D eigenvalue weighted by Gasteiger charge is 2.32. The zero-order chi connectivity index (χ0) is 14.4. The molecule has 0 saturated carbocycles. The number of hydrogen-bond acceptors (Lipinski definition) is 3. The van der Waals surface area contributed by atoms with E-state index in [2.05, 4.69) is 12.2 Å². The molecule has 0 unspecified atom stereocenters. The van der Waals surface area contributed by atoms with Crippen molar-refractivity contribution in [2.45, 2.75) is 37.9 Å². The van der Waals surface area contributed by atoms with Crippen molar-refractivity contribution in [1.82, 2.24) is 5.32 Å². The lowest BCUT2D eigenvalue weighted by Gasteiger charge is -2.31. The first kappa shape index (κ1) is 15.3. The van der Waals surface area contributed by atoms with E-state index in [1.54, 1.807) is 4.31 Å². The Balaban J connectivity index is 2.25. The van der Waals surface area contributed by atoms with Gasteiger partial charge in [0.05, 0.1) is 10.9 Å². The molecule has 5 heteroatoms. The fourth-order valence-electron chi connectivity index (χ4n) is 2.57. The van der Waals surface area contributed by atoms with E-state index < -0.39 is 10.0 Å². The van der Waals surface area contributed by atoms with Crippen LogP contribution in [0.4, 0.5) is 5.69 Å². The standard InChI is InChI=1S/C15H24N2O2S/c1-2-3-13-17(14-7-5-4-6-8-14)20(18,19)15-9-11-16-12-10-15/h4-8,15-16H,2-3,9-13H2,1H3. The lowest BCUT2D eigenvalue weighted by molar-refractivity contribution is 0.493. The zero-order valence-corrected chi connectivity index (χ0v) is 12.9. The number of sulfonamides is 1. The van der Waals surface area contributed by atoms with Crippen LogP contribution < -0.4 is 9.62 Å². The molecule has 0 atom stereocenters. The Morgan fingerprint density at radius 2 is 1.85 bits per heavy atom. The summed E-state index contributed by atoms with van der Waals surface area (Å²) in [5, 5.41) is 2.98. The van der Waals surface area contributed by atoms with Crippen molar-refractivity contribution in [3.63, 3.8) is 0 Å². The SMILES string of the molecule is CCCCN(c1ccccc1)S(=O)(=O)C1CCNCC1. The van der Waals surface area contributed by atoms with Gasteiger partial charge in [-0.15, -0.1) is 0 Å². The Morgan fingerprint density at radius 1 is 1.20 bits per heavy atom. The number of anilines is 1. The van der Waals surface area contributed by atoms with Crippen LogP contribution in [0.3, 0.4) is 0 Å². The fraction of sp³-hybridized carbons (Fsp3) is 0.600. The summed E-state index contributed by atoms with van der Waals surface area (Å²) in [5.41, 5.74) is 0.791. The molecular formula is C15H24N2O2S. The molecule has 0 radical (unpaired) electrons. The zero-order valence-electron chi connectivity index (χ0n) is 12.1. The summed E-state index contributed by atoms with van der Waals surface area (Å²) in [6.07, 6.45) is 3.29. The molecule has 1 aromatic rings. The molecule has 2 rings (SSSR count). The Labute approximate surface area is 122 Å². The van der Waals surface area contributed by atoms with Gasteiger partial charge in [0.25, 0.3) is 0 Å². The highest BCUT2D eigenvalue weighted by molar-refractivity contribution is 7.93. The van der Waals surface area contributed by atoms with Crippen LogP contribution in [0.5, 0.6) is 0 Å². The van der Waals surface area contributed by atoms with Crippen molar-refractivity contribution in [3.8, 4) is 0 Å². The summed E-state index contributed by atoms with van der Waals surface area (Å²) in [7, 11) is -3.26. The second-order valence-electron chi connectivity index (χ2n) is 5.26. The summed E-state index contributed by atoms with van der Waals surface area (Å²) in [6, 6.07) is 9.47. The molecule has 1 aliphatic heterocycles.